The Morgan fingerprint density at radius 3 is 2.47 bits per heavy atom. The highest BCUT2D eigenvalue weighted by Crippen LogP contribution is 2.44. The number of nitrogens with one attached hydrogen (secondary N) is 2. The summed E-state index contributed by atoms with van der Waals surface area (Å²) in [6, 6.07) is 0.418. The van der Waals surface area contributed by atoms with Crippen molar-refractivity contribution in [2.75, 3.05) is 13.1 Å². The molecule has 3 nitrogen and oxygen atoms in total. The van der Waals surface area contributed by atoms with E-state index in [0.29, 0.717) is 11.5 Å². The maximum Gasteiger partial charge on any atom is 0.136 e. The van der Waals surface area contributed by atoms with Crippen molar-refractivity contribution in [3.63, 3.8) is 0 Å². The molecule has 1 saturated carbocycles. The average molecular weight is 260 g/mol. The molecule has 0 aromatic rings. The van der Waals surface area contributed by atoms with Crippen molar-refractivity contribution in [3.8, 4) is 0 Å². The molecular weight excluding hydrogens is 232 g/mol. The predicted octanol–water partition coefficient (Wildman–Crippen LogP) is 2.21. The molecule has 0 aliphatic heterocycles. The van der Waals surface area contributed by atoms with Crippen LogP contribution in [0.15, 0.2) is 0 Å². The zero-order valence-electron chi connectivity index (χ0n) is 11.9. The topological polar surface area (TPSA) is 47.1 Å². The predicted molar refractivity (Wildman–Crippen MR) is 75.3 cm³/mol. The zero-order valence-corrected chi connectivity index (χ0v) is 12.7. The third-order valence-electron chi connectivity index (χ3n) is 3.77. The minimum absolute atomic E-state index is 0.168. The van der Waals surface area contributed by atoms with E-state index in [4.69, 9.17) is 0 Å². The number of hydrogen-bond acceptors (Lipinski definition) is 3. The van der Waals surface area contributed by atoms with Crippen LogP contribution in [0.5, 0.6) is 0 Å². The van der Waals surface area contributed by atoms with Crippen molar-refractivity contribution < 1.29 is 4.55 Å². The molecule has 1 aliphatic rings. The highest BCUT2D eigenvalue weighted by molar-refractivity contribution is 7.90. The fourth-order valence-corrected chi connectivity index (χ4v) is 3.15. The van der Waals surface area contributed by atoms with Crippen LogP contribution in [0.4, 0.5) is 0 Å². The van der Waals surface area contributed by atoms with Crippen molar-refractivity contribution in [1.29, 1.82) is 0 Å². The van der Waals surface area contributed by atoms with Gasteiger partial charge in [0, 0.05) is 11.4 Å². The smallest absolute Gasteiger partial charge is 0.136 e. The van der Waals surface area contributed by atoms with Crippen LogP contribution in [0.2, 0.25) is 0 Å². The molecule has 3 atom stereocenters. The van der Waals surface area contributed by atoms with Crippen LogP contribution >= 0.6 is 0 Å². The summed E-state index contributed by atoms with van der Waals surface area (Å²) in [5, 5.41) is 3.37. The first kappa shape index (κ1) is 15.3. The molecule has 1 fully saturated rings. The van der Waals surface area contributed by atoms with Gasteiger partial charge in [-0.2, -0.15) is 0 Å². The average Bonchev–Trinajstić information content (AvgIpc) is 2.22. The second-order valence-electron chi connectivity index (χ2n) is 6.35. The molecule has 4 heteroatoms. The van der Waals surface area contributed by atoms with Gasteiger partial charge in [0.25, 0.3) is 0 Å². The van der Waals surface area contributed by atoms with Gasteiger partial charge in [0.15, 0.2) is 0 Å². The Bertz CT molecular complexity index is 242. The van der Waals surface area contributed by atoms with Crippen molar-refractivity contribution in [2.24, 2.45) is 5.41 Å². The summed E-state index contributed by atoms with van der Waals surface area (Å²) >= 11 is -0.940. The Morgan fingerprint density at radius 2 is 2.06 bits per heavy atom. The van der Waals surface area contributed by atoms with E-state index in [2.05, 4.69) is 23.9 Å². The quantitative estimate of drug-likeness (QED) is 0.568. The molecule has 102 valence electrons. The van der Waals surface area contributed by atoms with E-state index >= 15 is 0 Å². The Balaban J connectivity index is 2.39. The van der Waals surface area contributed by atoms with Crippen LogP contribution in [0, 0.1) is 5.41 Å². The molecule has 0 amide bonds. The second kappa shape index (κ2) is 5.91. The third kappa shape index (κ3) is 4.12. The molecule has 0 saturated heterocycles. The molecule has 0 spiro atoms. The van der Waals surface area contributed by atoms with Crippen LogP contribution in [0.25, 0.3) is 0 Å². The van der Waals surface area contributed by atoms with E-state index in [9.17, 15) is 4.55 Å². The molecule has 17 heavy (non-hydrogen) atoms. The van der Waals surface area contributed by atoms with E-state index in [1.165, 1.54) is 12.8 Å². The first-order valence-corrected chi connectivity index (χ1v) is 7.83. The third-order valence-corrected chi connectivity index (χ3v) is 5.38. The molecule has 2 N–H and O–H groups in total. The van der Waals surface area contributed by atoms with Gasteiger partial charge >= 0.3 is 0 Å². The maximum absolute atomic E-state index is 12.1. The van der Waals surface area contributed by atoms with Crippen LogP contribution in [0.1, 0.15) is 53.9 Å². The lowest BCUT2D eigenvalue weighted by Crippen LogP contribution is -2.57. The van der Waals surface area contributed by atoms with Crippen molar-refractivity contribution >= 4 is 11.4 Å². The van der Waals surface area contributed by atoms with Gasteiger partial charge in [-0.1, -0.05) is 13.8 Å². The lowest BCUT2D eigenvalue weighted by atomic mass is 9.64. The van der Waals surface area contributed by atoms with Gasteiger partial charge < -0.3 is 9.87 Å². The largest absolute Gasteiger partial charge is 0.598 e. The SMILES string of the molecule is CCNCCC1(C)CC[C@@H]1N[S+]([O-])C(C)(C)C. The van der Waals surface area contributed by atoms with Gasteiger partial charge in [-0.3, -0.25) is 0 Å². The lowest BCUT2D eigenvalue weighted by Gasteiger charge is -2.47. The first-order chi connectivity index (χ1) is 7.79. The fourth-order valence-electron chi connectivity index (χ4n) is 2.14. The fraction of sp³-hybridized carbons (Fsp3) is 1.00. The minimum atomic E-state index is -0.940. The standard InChI is InChI=1S/C13H28N2OS/c1-6-14-10-9-13(5)8-7-11(13)15-17(16)12(2,3)4/h11,14-15H,6-10H2,1-5H3/t11-,13?,17?/m0/s1. The first-order valence-electron chi connectivity index (χ1n) is 6.68. The van der Waals surface area contributed by atoms with Gasteiger partial charge in [0.05, 0.1) is 6.04 Å². The number of hydrogen-bond donors (Lipinski definition) is 2. The molecule has 0 aromatic carbocycles. The van der Waals surface area contributed by atoms with E-state index in [1.54, 1.807) is 0 Å². The summed E-state index contributed by atoms with van der Waals surface area (Å²) in [6.45, 7) is 12.6. The van der Waals surface area contributed by atoms with Gasteiger partial charge in [0.2, 0.25) is 0 Å². The Kier molecular flexibility index (Phi) is 5.32. The molecule has 0 aromatic heterocycles. The summed E-state index contributed by atoms with van der Waals surface area (Å²) in [6.07, 6.45) is 3.57. The normalized spacial score (nSPS) is 31.1. The summed E-state index contributed by atoms with van der Waals surface area (Å²) in [5.74, 6) is 0. The summed E-state index contributed by atoms with van der Waals surface area (Å²) in [5.41, 5.74) is 0.322. The summed E-state index contributed by atoms with van der Waals surface area (Å²) in [7, 11) is 0. The van der Waals surface area contributed by atoms with Crippen LogP contribution < -0.4 is 10.0 Å². The van der Waals surface area contributed by atoms with Crippen LogP contribution in [-0.4, -0.2) is 28.4 Å². The van der Waals surface area contributed by atoms with Crippen LogP contribution in [0.3, 0.4) is 0 Å². The van der Waals surface area contributed by atoms with Gasteiger partial charge in [-0.05, 0) is 58.5 Å². The summed E-state index contributed by atoms with van der Waals surface area (Å²) < 4.78 is 15.2. The van der Waals surface area contributed by atoms with Gasteiger partial charge in [0.1, 0.15) is 4.75 Å². The Labute approximate surface area is 109 Å². The molecule has 1 rings (SSSR count). The molecule has 1 aliphatic carbocycles. The number of rotatable bonds is 6. The molecule has 0 radical (unpaired) electrons. The van der Waals surface area contributed by atoms with Crippen molar-refractivity contribution in [2.45, 2.75) is 64.7 Å². The molecular formula is C13H28N2OS. The van der Waals surface area contributed by atoms with Gasteiger partial charge in [-0.25, -0.2) is 0 Å². The van der Waals surface area contributed by atoms with Gasteiger partial charge in [-0.15, -0.1) is 4.72 Å². The van der Waals surface area contributed by atoms with E-state index in [0.717, 1.165) is 19.5 Å². The lowest BCUT2D eigenvalue weighted by molar-refractivity contribution is 0.0927. The molecule has 0 heterocycles. The van der Waals surface area contributed by atoms with Crippen molar-refractivity contribution in [3.05, 3.63) is 0 Å². The van der Waals surface area contributed by atoms with E-state index in [-0.39, 0.29) is 4.75 Å². The van der Waals surface area contributed by atoms with Crippen LogP contribution in [-0.2, 0) is 11.4 Å². The summed E-state index contributed by atoms with van der Waals surface area (Å²) in [4.78, 5) is 0. The van der Waals surface area contributed by atoms with E-state index in [1.807, 2.05) is 20.8 Å². The molecule has 2 unspecified atom stereocenters. The van der Waals surface area contributed by atoms with E-state index < -0.39 is 11.4 Å². The maximum atomic E-state index is 12.1. The Hall–Kier alpha value is 0.230. The second-order valence-corrected chi connectivity index (χ2v) is 8.35. The monoisotopic (exact) mass is 260 g/mol. The highest BCUT2D eigenvalue weighted by atomic mass is 32.2. The highest BCUT2D eigenvalue weighted by Gasteiger charge is 2.45. The Morgan fingerprint density at radius 1 is 1.41 bits per heavy atom. The van der Waals surface area contributed by atoms with Crippen molar-refractivity contribution in [1.82, 2.24) is 10.0 Å². The molecule has 0 bridgehead atoms. The zero-order chi connectivity index (χ0) is 13.1. The minimum Gasteiger partial charge on any atom is -0.598 e.